The minimum atomic E-state index is -4.44. The van der Waals surface area contributed by atoms with Crippen LogP contribution in [0.5, 0.6) is 0 Å². The largest absolute Gasteiger partial charge is 0.416 e. The molecule has 5 nitrogen and oxygen atoms in total. The van der Waals surface area contributed by atoms with Gasteiger partial charge in [0.2, 0.25) is 5.91 Å². The van der Waals surface area contributed by atoms with Crippen LogP contribution in [-0.4, -0.2) is 54.8 Å². The number of alkyl halides is 3. The van der Waals surface area contributed by atoms with E-state index in [1.54, 1.807) is 6.07 Å². The zero-order chi connectivity index (χ0) is 24.1. The number of carbonyl (C=O) groups excluding carboxylic acids is 1. The number of rotatable bonds is 8. The predicted octanol–water partition coefficient (Wildman–Crippen LogP) is 4.56. The molecule has 1 unspecified atom stereocenters. The Kier molecular flexibility index (Phi) is 7.58. The lowest BCUT2D eigenvalue weighted by Gasteiger charge is -2.26. The van der Waals surface area contributed by atoms with Crippen molar-refractivity contribution in [3.05, 3.63) is 71.4 Å². The maximum atomic E-state index is 13.4. The van der Waals surface area contributed by atoms with Gasteiger partial charge in [-0.2, -0.15) is 13.2 Å². The molecule has 182 valence electrons. The summed E-state index contributed by atoms with van der Waals surface area (Å²) in [6.07, 6.45) is -1.64. The van der Waals surface area contributed by atoms with Crippen molar-refractivity contribution >= 4 is 16.8 Å². The summed E-state index contributed by atoms with van der Waals surface area (Å²) in [6.45, 7) is 4.66. The maximum Gasteiger partial charge on any atom is 0.416 e. The zero-order valence-corrected chi connectivity index (χ0v) is 19.3. The number of nitrogens with zero attached hydrogens (tertiary/aromatic N) is 2. The summed E-state index contributed by atoms with van der Waals surface area (Å²) < 4.78 is 47.6. The lowest BCUT2D eigenvalue weighted by molar-refractivity contribution is -0.137. The Hall–Kier alpha value is -2.84. The average Bonchev–Trinajstić information content (AvgIpc) is 3.17. The second-order valence-corrected chi connectivity index (χ2v) is 8.75. The minimum Gasteiger partial charge on any atom is -0.379 e. The second-order valence-electron chi connectivity index (χ2n) is 8.75. The molecule has 2 heterocycles. The van der Waals surface area contributed by atoms with Crippen LogP contribution >= 0.6 is 0 Å². The molecule has 1 atom stereocenters. The molecule has 0 bridgehead atoms. The number of halogens is 3. The molecule has 1 saturated heterocycles. The van der Waals surface area contributed by atoms with Gasteiger partial charge in [0, 0.05) is 56.1 Å². The number of fused-ring (bicyclic) bond motifs is 1. The second kappa shape index (κ2) is 10.6. The van der Waals surface area contributed by atoms with Gasteiger partial charge in [-0.15, -0.1) is 0 Å². The molecule has 0 spiro atoms. The summed E-state index contributed by atoms with van der Waals surface area (Å²) in [7, 11) is 1.90. The number of aromatic nitrogens is 1. The highest BCUT2D eigenvalue weighted by molar-refractivity contribution is 5.86. The van der Waals surface area contributed by atoms with Gasteiger partial charge in [-0.3, -0.25) is 9.69 Å². The number of ether oxygens (including phenoxy) is 1. The van der Waals surface area contributed by atoms with E-state index in [-0.39, 0.29) is 12.3 Å². The number of carbonyl (C=O) groups is 1. The molecule has 1 fully saturated rings. The molecule has 2 aromatic carbocycles. The average molecular weight is 474 g/mol. The minimum absolute atomic E-state index is 0.0763. The van der Waals surface area contributed by atoms with Crippen LogP contribution in [0.15, 0.2) is 54.7 Å². The molecule has 34 heavy (non-hydrogen) atoms. The molecule has 0 aliphatic carbocycles. The van der Waals surface area contributed by atoms with E-state index in [1.165, 1.54) is 6.07 Å². The Bertz CT molecular complexity index is 1120. The number of aryl methyl sites for hydroxylation is 1. The standard InChI is InChI=1S/C26H30F3N3O2/c1-31-18-23(21-8-2-3-9-24(21)31)22(19-6-4-7-20(16-19)26(27,28)29)17-25(33)30-10-5-11-32-12-14-34-15-13-32/h2-4,6-9,16,18,22H,5,10-15,17H2,1H3,(H,30,33). The zero-order valence-electron chi connectivity index (χ0n) is 19.3. The van der Waals surface area contributed by atoms with Crippen molar-refractivity contribution in [3.8, 4) is 0 Å². The number of hydrogen-bond donors (Lipinski definition) is 1. The number of para-hydroxylation sites is 1. The van der Waals surface area contributed by atoms with Gasteiger partial charge in [0.15, 0.2) is 0 Å². The third kappa shape index (κ3) is 5.80. The van der Waals surface area contributed by atoms with Crippen molar-refractivity contribution < 1.29 is 22.7 Å². The summed E-state index contributed by atoms with van der Waals surface area (Å²) >= 11 is 0. The Labute approximate surface area is 197 Å². The van der Waals surface area contributed by atoms with E-state index in [9.17, 15) is 18.0 Å². The van der Waals surface area contributed by atoms with Crippen molar-refractivity contribution in [2.24, 2.45) is 7.05 Å². The number of nitrogens with one attached hydrogen (secondary N) is 1. The number of benzene rings is 2. The Morgan fingerprint density at radius 2 is 1.88 bits per heavy atom. The molecule has 0 saturated carbocycles. The van der Waals surface area contributed by atoms with E-state index < -0.39 is 17.7 Å². The van der Waals surface area contributed by atoms with Crippen LogP contribution in [0.3, 0.4) is 0 Å². The molecule has 1 aromatic heterocycles. The molecule has 8 heteroatoms. The van der Waals surface area contributed by atoms with E-state index in [1.807, 2.05) is 42.1 Å². The SMILES string of the molecule is Cn1cc(C(CC(=O)NCCCN2CCOCC2)c2cccc(C(F)(F)F)c2)c2ccccc21. The van der Waals surface area contributed by atoms with Crippen molar-refractivity contribution in [2.75, 3.05) is 39.4 Å². The quantitative estimate of drug-likeness (QED) is 0.488. The first-order chi connectivity index (χ1) is 16.3. The topological polar surface area (TPSA) is 46.5 Å². The van der Waals surface area contributed by atoms with Crippen LogP contribution in [0.4, 0.5) is 13.2 Å². The van der Waals surface area contributed by atoms with Crippen LogP contribution in [0.2, 0.25) is 0 Å². The third-order valence-corrected chi connectivity index (χ3v) is 6.39. The van der Waals surface area contributed by atoms with Crippen LogP contribution in [0.25, 0.3) is 10.9 Å². The smallest absolute Gasteiger partial charge is 0.379 e. The summed E-state index contributed by atoms with van der Waals surface area (Å²) in [6, 6.07) is 13.1. The van der Waals surface area contributed by atoms with Crippen LogP contribution < -0.4 is 5.32 Å². The first-order valence-corrected chi connectivity index (χ1v) is 11.6. The van der Waals surface area contributed by atoms with Crippen LogP contribution in [-0.2, 0) is 22.8 Å². The lowest BCUT2D eigenvalue weighted by Crippen LogP contribution is -2.38. The van der Waals surface area contributed by atoms with E-state index >= 15 is 0 Å². The fourth-order valence-corrected chi connectivity index (χ4v) is 4.60. The van der Waals surface area contributed by atoms with Gasteiger partial charge in [0.1, 0.15) is 0 Å². The number of amides is 1. The Balaban J connectivity index is 1.53. The van der Waals surface area contributed by atoms with Crippen molar-refractivity contribution in [2.45, 2.75) is 24.9 Å². The molecule has 4 rings (SSSR count). The maximum absolute atomic E-state index is 13.4. The van der Waals surface area contributed by atoms with Gasteiger partial charge in [0.25, 0.3) is 0 Å². The van der Waals surface area contributed by atoms with E-state index in [2.05, 4.69) is 10.2 Å². The lowest BCUT2D eigenvalue weighted by atomic mass is 9.87. The predicted molar refractivity (Wildman–Crippen MR) is 126 cm³/mol. The van der Waals surface area contributed by atoms with Crippen molar-refractivity contribution in [3.63, 3.8) is 0 Å². The van der Waals surface area contributed by atoms with E-state index in [0.717, 1.165) is 67.9 Å². The molecule has 1 N–H and O–H groups in total. The number of hydrogen-bond acceptors (Lipinski definition) is 3. The van der Waals surface area contributed by atoms with Crippen molar-refractivity contribution in [1.82, 2.24) is 14.8 Å². The fraction of sp³-hybridized carbons (Fsp3) is 0.423. The first kappa shape index (κ1) is 24.3. The molecule has 1 aliphatic heterocycles. The summed E-state index contributed by atoms with van der Waals surface area (Å²) in [4.78, 5) is 15.2. The molecule has 1 amide bonds. The fourth-order valence-electron chi connectivity index (χ4n) is 4.60. The Morgan fingerprint density at radius 1 is 1.12 bits per heavy atom. The summed E-state index contributed by atoms with van der Waals surface area (Å²) in [5.74, 6) is -0.662. The molecule has 0 radical (unpaired) electrons. The van der Waals surface area contributed by atoms with Crippen LogP contribution in [0.1, 0.15) is 35.4 Å². The van der Waals surface area contributed by atoms with E-state index in [0.29, 0.717) is 12.1 Å². The highest BCUT2D eigenvalue weighted by Gasteiger charge is 2.32. The number of morpholine rings is 1. The van der Waals surface area contributed by atoms with Gasteiger partial charge in [-0.1, -0.05) is 36.4 Å². The Morgan fingerprint density at radius 3 is 2.65 bits per heavy atom. The highest BCUT2D eigenvalue weighted by atomic mass is 19.4. The van der Waals surface area contributed by atoms with Gasteiger partial charge in [-0.05, 0) is 36.2 Å². The van der Waals surface area contributed by atoms with Gasteiger partial charge in [0.05, 0.1) is 18.8 Å². The molecule has 1 aliphatic rings. The molecular formula is C26H30F3N3O2. The van der Waals surface area contributed by atoms with Gasteiger partial charge < -0.3 is 14.6 Å². The molecule has 3 aromatic rings. The third-order valence-electron chi connectivity index (χ3n) is 6.39. The van der Waals surface area contributed by atoms with Crippen LogP contribution in [0, 0.1) is 0 Å². The molecular weight excluding hydrogens is 443 g/mol. The monoisotopic (exact) mass is 473 g/mol. The van der Waals surface area contributed by atoms with E-state index in [4.69, 9.17) is 4.74 Å². The summed E-state index contributed by atoms with van der Waals surface area (Å²) in [5.41, 5.74) is 1.59. The normalized spacial score (nSPS) is 16.0. The van der Waals surface area contributed by atoms with Crippen molar-refractivity contribution in [1.29, 1.82) is 0 Å². The van der Waals surface area contributed by atoms with Gasteiger partial charge >= 0.3 is 6.18 Å². The first-order valence-electron chi connectivity index (χ1n) is 11.6. The van der Waals surface area contributed by atoms with Gasteiger partial charge in [-0.25, -0.2) is 0 Å². The highest BCUT2D eigenvalue weighted by Crippen LogP contribution is 2.37. The summed E-state index contributed by atoms with van der Waals surface area (Å²) in [5, 5.41) is 3.90.